The number of fused-ring (bicyclic) bond motifs is 1. The molecule has 0 aliphatic carbocycles. The number of halogens is 1. The van der Waals surface area contributed by atoms with Gasteiger partial charge in [-0.1, -0.05) is 33.3 Å². The van der Waals surface area contributed by atoms with Gasteiger partial charge < -0.3 is 5.73 Å². The average Bonchev–Trinajstić information content (AvgIpc) is 2.93. The Bertz CT molecular complexity index is 914. The number of carbonyl (C=O) groups is 1. The van der Waals surface area contributed by atoms with E-state index in [0.29, 0.717) is 0 Å². The van der Waals surface area contributed by atoms with E-state index in [2.05, 4.69) is 31.2 Å². The Kier molecular flexibility index (Phi) is 3.49. The summed E-state index contributed by atoms with van der Waals surface area (Å²) in [5, 5.41) is 7.78. The molecule has 3 aromatic rings. The number of nitrogens with zero attached hydrogens (tertiary/aromatic N) is 5. The molecule has 1 unspecified atom stereocenters. The molecule has 0 bridgehead atoms. The molecule has 9 heteroatoms. The second kappa shape index (κ2) is 5.34. The third kappa shape index (κ3) is 2.29. The van der Waals surface area contributed by atoms with Gasteiger partial charge in [0.2, 0.25) is 0 Å². The smallest absolute Gasteiger partial charge is 0.353 e. The molecule has 1 atom stereocenters. The lowest BCUT2D eigenvalue weighted by molar-refractivity contribution is 0.0997. The minimum Gasteiger partial charge on any atom is -0.364 e. The van der Waals surface area contributed by atoms with Gasteiger partial charge in [0.05, 0.1) is 6.04 Å². The number of amides is 1. The van der Waals surface area contributed by atoms with Crippen LogP contribution in [0.3, 0.4) is 0 Å². The van der Waals surface area contributed by atoms with E-state index in [4.69, 9.17) is 5.73 Å². The highest BCUT2D eigenvalue weighted by Gasteiger charge is 2.18. The Hall–Kier alpha value is -2.55. The molecule has 2 N–H and O–H groups in total. The number of aromatic nitrogens is 5. The maximum Gasteiger partial charge on any atom is 0.353 e. The molecule has 8 nitrogen and oxygen atoms in total. The SMILES string of the molecule is CC(c1ccc(Br)cc1)n1nnc2c(C(N)=O)ncn2c1=O. The monoisotopic (exact) mass is 362 g/mol. The van der Waals surface area contributed by atoms with E-state index in [1.165, 1.54) is 11.0 Å². The van der Waals surface area contributed by atoms with Crippen LogP contribution in [0, 0.1) is 0 Å². The Labute approximate surface area is 132 Å². The standard InChI is InChI=1S/C13H11BrN6O2/c1-7(8-2-4-9(14)5-3-8)20-13(22)19-6-16-10(11(15)21)12(19)17-18-20/h2-7H,1H3,(H2,15,21). The van der Waals surface area contributed by atoms with Gasteiger partial charge >= 0.3 is 5.69 Å². The number of nitrogens with two attached hydrogens (primary N) is 1. The van der Waals surface area contributed by atoms with E-state index in [-0.39, 0.29) is 17.4 Å². The van der Waals surface area contributed by atoms with Crippen molar-refractivity contribution in [1.82, 2.24) is 24.4 Å². The Morgan fingerprint density at radius 3 is 2.64 bits per heavy atom. The van der Waals surface area contributed by atoms with Crippen LogP contribution in [0.15, 0.2) is 39.9 Å². The molecule has 0 aliphatic heterocycles. The Morgan fingerprint density at radius 1 is 1.32 bits per heavy atom. The number of primary amides is 1. The summed E-state index contributed by atoms with van der Waals surface area (Å²) in [6.07, 6.45) is 1.22. The van der Waals surface area contributed by atoms with Gasteiger partial charge in [-0.3, -0.25) is 4.79 Å². The van der Waals surface area contributed by atoms with Crippen LogP contribution in [0.4, 0.5) is 0 Å². The molecule has 0 saturated heterocycles. The van der Waals surface area contributed by atoms with Crippen LogP contribution < -0.4 is 11.4 Å². The summed E-state index contributed by atoms with van der Waals surface area (Å²) in [5.74, 6) is -0.755. The predicted octanol–water partition coefficient (Wildman–Crippen LogP) is 0.757. The lowest BCUT2D eigenvalue weighted by Crippen LogP contribution is -2.32. The van der Waals surface area contributed by atoms with E-state index in [1.807, 2.05) is 31.2 Å². The summed E-state index contributed by atoms with van der Waals surface area (Å²) in [5.41, 5.74) is 5.61. The largest absolute Gasteiger partial charge is 0.364 e. The van der Waals surface area contributed by atoms with E-state index in [1.54, 1.807) is 0 Å². The third-order valence-corrected chi connectivity index (χ3v) is 3.86. The van der Waals surface area contributed by atoms with Gasteiger partial charge in [-0.2, -0.15) is 4.68 Å². The van der Waals surface area contributed by atoms with Gasteiger partial charge in [0.1, 0.15) is 6.33 Å². The molecular formula is C13H11BrN6O2. The normalized spacial score (nSPS) is 12.5. The zero-order valence-electron chi connectivity index (χ0n) is 11.5. The molecule has 0 aliphatic rings. The molecule has 0 radical (unpaired) electrons. The minimum atomic E-state index is -0.755. The van der Waals surface area contributed by atoms with Gasteiger partial charge in [-0.15, -0.1) is 5.10 Å². The maximum absolute atomic E-state index is 12.5. The summed E-state index contributed by atoms with van der Waals surface area (Å²) in [6.45, 7) is 1.83. The second-order valence-electron chi connectivity index (χ2n) is 4.70. The zero-order chi connectivity index (χ0) is 15.9. The van der Waals surface area contributed by atoms with E-state index in [9.17, 15) is 9.59 Å². The first-order valence-electron chi connectivity index (χ1n) is 6.37. The van der Waals surface area contributed by atoms with Crippen molar-refractivity contribution in [2.24, 2.45) is 5.73 Å². The Morgan fingerprint density at radius 2 is 2.00 bits per heavy atom. The van der Waals surface area contributed by atoms with Crippen molar-refractivity contribution >= 4 is 27.5 Å². The van der Waals surface area contributed by atoms with Crippen molar-refractivity contribution in [2.75, 3.05) is 0 Å². The van der Waals surface area contributed by atoms with Crippen molar-refractivity contribution < 1.29 is 4.79 Å². The summed E-state index contributed by atoms with van der Waals surface area (Å²) in [4.78, 5) is 27.5. The fourth-order valence-corrected chi connectivity index (χ4v) is 2.38. The Balaban J connectivity index is 2.12. The molecule has 3 rings (SSSR count). The van der Waals surface area contributed by atoms with Gasteiger partial charge in [0, 0.05) is 4.47 Å². The van der Waals surface area contributed by atoms with Crippen molar-refractivity contribution in [1.29, 1.82) is 0 Å². The second-order valence-corrected chi connectivity index (χ2v) is 5.61. The minimum absolute atomic E-state index is 0.0526. The van der Waals surface area contributed by atoms with Crippen LogP contribution in [-0.2, 0) is 0 Å². The van der Waals surface area contributed by atoms with E-state index >= 15 is 0 Å². The first kappa shape index (κ1) is 14.4. The summed E-state index contributed by atoms with van der Waals surface area (Å²) < 4.78 is 3.32. The fraction of sp³-hybridized carbons (Fsp3) is 0.154. The molecular weight excluding hydrogens is 352 g/mol. The highest BCUT2D eigenvalue weighted by molar-refractivity contribution is 9.10. The molecule has 0 saturated carbocycles. The van der Waals surface area contributed by atoms with E-state index < -0.39 is 11.6 Å². The van der Waals surface area contributed by atoms with Crippen LogP contribution in [0.1, 0.15) is 29.0 Å². The molecule has 22 heavy (non-hydrogen) atoms. The van der Waals surface area contributed by atoms with Crippen molar-refractivity contribution in [3.05, 3.63) is 56.8 Å². The lowest BCUT2D eigenvalue weighted by atomic mass is 10.1. The zero-order valence-corrected chi connectivity index (χ0v) is 13.1. The summed E-state index contributed by atoms with van der Waals surface area (Å²) in [7, 11) is 0. The number of hydrogen-bond donors (Lipinski definition) is 1. The maximum atomic E-state index is 12.5. The highest BCUT2D eigenvalue weighted by Crippen LogP contribution is 2.18. The van der Waals surface area contributed by atoms with Crippen molar-refractivity contribution in [3.63, 3.8) is 0 Å². The average molecular weight is 363 g/mol. The van der Waals surface area contributed by atoms with E-state index in [0.717, 1.165) is 14.4 Å². The number of hydrogen-bond acceptors (Lipinski definition) is 5. The molecule has 0 fully saturated rings. The molecule has 2 aromatic heterocycles. The van der Waals surface area contributed by atoms with Crippen LogP contribution >= 0.6 is 15.9 Å². The van der Waals surface area contributed by atoms with Gasteiger partial charge in [-0.05, 0) is 24.6 Å². The first-order chi connectivity index (χ1) is 10.5. The topological polar surface area (TPSA) is 108 Å². The van der Waals surface area contributed by atoms with Crippen molar-refractivity contribution in [3.8, 4) is 0 Å². The number of imidazole rings is 1. The van der Waals surface area contributed by atoms with Gasteiger partial charge in [-0.25, -0.2) is 14.2 Å². The molecule has 1 amide bonds. The summed E-state index contributed by atoms with van der Waals surface area (Å²) in [6, 6.07) is 7.21. The third-order valence-electron chi connectivity index (χ3n) is 3.33. The molecule has 2 heterocycles. The number of rotatable bonds is 3. The molecule has 0 spiro atoms. The molecule has 112 valence electrons. The van der Waals surface area contributed by atoms with Gasteiger partial charge in [0.25, 0.3) is 5.91 Å². The lowest BCUT2D eigenvalue weighted by Gasteiger charge is -2.13. The summed E-state index contributed by atoms with van der Waals surface area (Å²) >= 11 is 3.36. The molecule has 1 aromatic carbocycles. The van der Waals surface area contributed by atoms with Crippen LogP contribution in [0.2, 0.25) is 0 Å². The van der Waals surface area contributed by atoms with Crippen LogP contribution in [0.5, 0.6) is 0 Å². The number of carbonyl (C=O) groups excluding carboxylic acids is 1. The first-order valence-corrected chi connectivity index (χ1v) is 7.16. The van der Waals surface area contributed by atoms with Crippen LogP contribution in [-0.4, -0.2) is 30.3 Å². The number of benzene rings is 1. The quantitative estimate of drug-likeness (QED) is 0.739. The highest BCUT2D eigenvalue weighted by atomic mass is 79.9. The fourth-order valence-electron chi connectivity index (χ4n) is 2.12. The van der Waals surface area contributed by atoms with Crippen LogP contribution in [0.25, 0.3) is 5.65 Å². The van der Waals surface area contributed by atoms with Gasteiger partial charge in [0.15, 0.2) is 11.3 Å². The van der Waals surface area contributed by atoms with Crippen molar-refractivity contribution in [2.45, 2.75) is 13.0 Å². The predicted molar refractivity (Wildman–Crippen MR) is 81.5 cm³/mol.